The van der Waals surface area contributed by atoms with Crippen molar-refractivity contribution >= 4 is 66.3 Å². The van der Waals surface area contributed by atoms with Crippen LogP contribution < -0.4 is 0 Å². The summed E-state index contributed by atoms with van der Waals surface area (Å²) in [6.45, 7) is 0. The van der Waals surface area contributed by atoms with Gasteiger partial charge in [0, 0.05) is 16.3 Å². The summed E-state index contributed by atoms with van der Waals surface area (Å²) in [7, 11) is 0. The maximum atomic E-state index is 6.01. The quantitative estimate of drug-likeness (QED) is 0.140. The third-order valence-electron chi connectivity index (χ3n) is 9.80. The Hall–Kier alpha value is -6.43. The van der Waals surface area contributed by atoms with Crippen LogP contribution in [0.15, 0.2) is 170 Å². The highest BCUT2D eigenvalue weighted by molar-refractivity contribution is 7.71. The fourth-order valence-electron chi connectivity index (χ4n) is 7.52. The van der Waals surface area contributed by atoms with Gasteiger partial charge in [-0.15, -0.1) is 0 Å². The number of hydrogen-bond donors (Lipinski definition) is 0. The van der Waals surface area contributed by atoms with Crippen molar-refractivity contribution in [2.24, 2.45) is 0 Å². The molecule has 0 radical (unpaired) electrons. The smallest absolute Gasteiger partial charge is 0.223 e. The third kappa shape index (κ3) is 4.41. The van der Waals surface area contributed by atoms with Crippen molar-refractivity contribution in [2.75, 3.05) is 0 Å². The van der Waals surface area contributed by atoms with Crippen LogP contribution in [0.3, 0.4) is 0 Å². The van der Waals surface area contributed by atoms with Gasteiger partial charge in [-0.2, -0.15) is 9.97 Å². The minimum atomic E-state index is 0.443. The first-order valence-electron chi connectivity index (χ1n) is 16.7. The number of fused-ring (bicyclic) bond motifs is 9. The summed E-state index contributed by atoms with van der Waals surface area (Å²) in [4.78, 5) is 10.1. The number of aromatic nitrogens is 4. The molecule has 0 spiro atoms. The van der Waals surface area contributed by atoms with Crippen molar-refractivity contribution in [3.63, 3.8) is 0 Å². The number of nitrogens with zero attached hydrogens (tertiary/aromatic N) is 4. The van der Waals surface area contributed by atoms with E-state index in [0.717, 1.165) is 38.6 Å². The van der Waals surface area contributed by atoms with E-state index in [-0.39, 0.29) is 0 Å². The van der Waals surface area contributed by atoms with Crippen LogP contribution in [-0.4, -0.2) is 19.1 Å². The second-order valence-corrected chi connectivity index (χ2v) is 13.0. The van der Waals surface area contributed by atoms with Gasteiger partial charge in [0.1, 0.15) is 0 Å². The van der Waals surface area contributed by atoms with Crippen LogP contribution in [0.2, 0.25) is 0 Å². The molecule has 0 aliphatic heterocycles. The Kier molecular flexibility index (Phi) is 6.48. The summed E-state index contributed by atoms with van der Waals surface area (Å²) in [5.74, 6) is 1.29. The van der Waals surface area contributed by atoms with E-state index in [4.69, 9.17) is 22.2 Å². The van der Waals surface area contributed by atoms with Gasteiger partial charge in [0.05, 0.1) is 16.7 Å². The van der Waals surface area contributed by atoms with Crippen LogP contribution in [0.25, 0.3) is 88.3 Å². The van der Waals surface area contributed by atoms with Crippen LogP contribution >= 0.6 is 12.2 Å². The lowest BCUT2D eigenvalue weighted by molar-refractivity contribution is 0.834. The SMILES string of the molecule is S=c1nc(-c2ccccc2)nc(-n2c3ccccc3c3cc(-c4ccc5c6ccccc6c6ccccc6c5c4)ccc32)n1-c1ccccc1. The molecule has 0 amide bonds. The molecule has 10 aromatic rings. The Morgan fingerprint density at radius 1 is 0.360 bits per heavy atom. The molecule has 10 rings (SSSR count). The fraction of sp³-hybridized carbons (Fsp3) is 0. The van der Waals surface area contributed by atoms with E-state index in [2.05, 4.69) is 114 Å². The number of hydrogen-bond acceptors (Lipinski definition) is 3. The highest BCUT2D eigenvalue weighted by Crippen LogP contribution is 2.39. The zero-order valence-corrected chi connectivity index (χ0v) is 27.7. The predicted molar refractivity (Wildman–Crippen MR) is 210 cm³/mol. The lowest BCUT2D eigenvalue weighted by Gasteiger charge is -2.17. The molecule has 2 heterocycles. The summed E-state index contributed by atoms with van der Waals surface area (Å²) in [5, 5.41) is 9.92. The highest BCUT2D eigenvalue weighted by Gasteiger charge is 2.20. The van der Waals surface area contributed by atoms with Crippen molar-refractivity contribution in [1.82, 2.24) is 19.1 Å². The molecule has 0 saturated carbocycles. The summed E-state index contributed by atoms with van der Waals surface area (Å²) in [6, 6.07) is 59.8. The largest absolute Gasteiger partial charge is 0.279 e. The first kappa shape index (κ1) is 28.6. The first-order valence-corrected chi connectivity index (χ1v) is 17.1. The second-order valence-electron chi connectivity index (χ2n) is 12.6. The minimum absolute atomic E-state index is 0.443. The summed E-state index contributed by atoms with van der Waals surface area (Å²) >= 11 is 6.01. The van der Waals surface area contributed by atoms with E-state index in [9.17, 15) is 0 Å². The van der Waals surface area contributed by atoms with E-state index < -0.39 is 0 Å². The van der Waals surface area contributed by atoms with Crippen molar-refractivity contribution < 1.29 is 0 Å². The van der Waals surface area contributed by atoms with Crippen LogP contribution in [0, 0.1) is 4.77 Å². The molecule has 2 aromatic heterocycles. The van der Waals surface area contributed by atoms with E-state index >= 15 is 0 Å². The van der Waals surface area contributed by atoms with Gasteiger partial charge in [-0.3, -0.25) is 9.13 Å². The molecule has 0 bridgehead atoms. The maximum absolute atomic E-state index is 6.01. The molecule has 4 nitrogen and oxygen atoms in total. The van der Waals surface area contributed by atoms with Gasteiger partial charge >= 0.3 is 0 Å². The Labute approximate surface area is 293 Å². The molecule has 0 aliphatic carbocycles. The van der Waals surface area contributed by atoms with Crippen molar-refractivity contribution in [3.8, 4) is 34.2 Å². The maximum Gasteiger partial charge on any atom is 0.223 e. The van der Waals surface area contributed by atoms with Gasteiger partial charge in [0.2, 0.25) is 10.7 Å². The average Bonchev–Trinajstić information content (AvgIpc) is 3.52. The monoisotopic (exact) mass is 656 g/mol. The molecule has 0 atom stereocenters. The summed E-state index contributed by atoms with van der Waals surface area (Å²) < 4.78 is 4.64. The van der Waals surface area contributed by atoms with Gasteiger partial charge in [0.15, 0.2) is 5.82 Å². The molecule has 5 heteroatoms. The Morgan fingerprint density at radius 3 is 1.54 bits per heavy atom. The summed E-state index contributed by atoms with van der Waals surface area (Å²) in [6.07, 6.45) is 0. The van der Waals surface area contributed by atoms with Crippen molar-refractivity contribution in [2.45, 2.75) is 0 Å². The molecule has 0 aliphatic rings. The third-order valence-corrected chi connectivity index (χ3v) is 10.1. The Morgan fingerprint density at radius 2 is 0.860 bits per heavy atom. The van der Waals surface area contributed by atoms with Crippen LogP contribution in [0.1, 0.15) is 0 Å². The van der Waals surface area contributed by atoms with E-state index in [0.29, 0.717) is 16.5 Å². The van der Waals surface area contributed by atoms with E-state index in [1.54, 1.807) is 0 Å². The predicted octanol–water partition coefficient (Wildman–Crippen LogP) is 11.9. The topological polar surface area (TPSA) is 35.6 Å². The van der Waals surface area contributed by atoms with Gasteiger partial charge in [-0.05, 0) is 92.1 Å². The van der Waals surface area contributed by atoms with Crippen molar-refractivity contribution in [1.29, 1.82) is 0 Å². The molecule has 234 valence electrons. The lowest BCUT2D eigenvalue weighted by Crippen LogP contribution is -2.13. The molecular formula is C45H28N4S. The zero-order chi connectivity index (χ0) is 33.2. The molecule has 0 unspecified atom stereocenters. The van der Waals surface area contributed by atoms with Crippen LogP contribution in [-0.2, 0) is 0 Å². The minimum Gasteiger partial charge on any atom is -0.279 e. The van der Waals surface area contributed by atoms with E-state index in [1.807, 2.05) is 65.2 Å². The Bertz CT molecular complexity index is 2960. The zero-order valence-electron chi connectivity index (χ0n) is 26.9. The highest BCUT2D eigenvalue weighted by atomic mass is 32.1. The van der Waals surface area contributed by atoms with Gasteiger partial charge in [0.25, 0.3) is 0 Å². The lowest BCUT2D eigenvalue weighted by atomic mass is 9.92. The van der Waals surface area contributed by atoms with Crippen molar-refractivity contribution in [3.05, 3.63) is 175 Å². The first-order chi connectivity index (χ1) is 24.7. The summed E-state index contributed by atoms with van der Waals surface area (Å²) in [5.41, 5.74) is 6.26. The average molecular weight is 657 g/mol. The normalized spacial score (nSPS) is 11.7. The van der Waals surface area contributed by atoms with E-state index in [1.165, 1.54) is 37.9 Å². The van der Waals surface area contributed by atoms with Crippen LogP contribution in [0.5, 0.6) is 0 Å². The fourth-order valence-corrected chi connectivity index (χ4v) is 7.79. The standard InChI is InChI=1S/C45H28N4S/c50-45-47-43(29-13-3-1-4-14-29)46-44(48(45)32-15-5-2-6-16-32)49-41-22-12-11-21-38(41)40-28-31(24-26-42(40)49)30-23-25-37-35-19-8-7-17-33(35)34-18-9-10-20-36(34)39(37)27-30/h1-28H. The van der Waals surface area contributed by atoms with Gasteiger partial charge in [-0.1, -0.05) is 133 Å². The number of rotatable bonds is 4. The van der Waals surface area contributed by atoms with Gasteiger partial charge < -0.3 is 0 Å². The van der Waals surface area contributed by atoms with Gasteiger partial charge in [-0.25, -0.2) is 0 Å². The van der Waals surface area contributed by atoms with Crippen LogP contribution in [0.4, 0.5) is 0 Å². The molecule has 50 heavy (non-hydrogen) atoms. The molecule has 8 aromatic carbocycles. The second kappa shape index (κ2) is 11.3. The Balaban J connectivity index is 1.23. The molecule has 0 fully saturated rings. The molecule has 0 saturated heterocycles. The number of benzene rings is 8. The molecule has 0 N–H and O–H groups in total. The number of para-hydroxylation sites is 2. The molecular weight excluding hydrogens is 629 g/mol.